The molecule has 0 unspecified atom stereocenters. The van der Waals surface area contributed by atoms with Gasteiger partial charge in [-0.25, -0.2) is 0 Å². The lowest BCUT2D eigenvalue weighted by molar-refractivity contribution is -0.137. The van der Waals surface area contributed by atoms with Gasteiger partial charge in [0.15, 0.2) is 0 Å². The summed E-state index contributed by atoms with van der Waals surface area (Å²) in [4.78, 5) is 12.2. The third-order valence-corrected chi connectivity index (χ3v) is 5.88. The van der Waals surface area contributed by atoms with Crippen molar-refractivity contribution in [2.24, 2.45) is 5.73 Å². The van der Waals surface area contributed by atoms with E-state index in [2.05, 4.69) is 4.57 Å². The van der Waals surface area contributed by atoms with Gasteiger partial charge in [-0.1, -0.05) is 44.2 Å². The van der Waals surface area contributed by atoms with Crippen molar-refractivity contribution in [3.8, 4) is 11.1 Å². The van der Waals surface area contributed by atoms with Gasteiger partial charge in [-0.15, -0.1) is 0 Å². The number of hydrogen-bond acceptors (Lipinski definition) is 1. The first-order chi connectivity index (χ1) is 13.2. The normalized spacial score (nSPS) is 16.6. The summed E-state index contributed by atoms with van der Waals surface area (Å²) in [5, 5.41) is 0. The molecule has 152 valence electrons. The summed E-state index contributed by atoms with van der Waals surface area (Å²) in [5.41, 5.74) is 8.35. The third-order valence-electron chi connectivity index (χ3n) is 5.88. The Morgan fingerprint density at radius 1 is 0.964 bits per heavy atom. The molecule has 0 atom stereocenters. The molecule has 28 heavy (non-hydrogen) atoms. The Balaban J connectivity index is 2.09. The molecule has 1 amide bonds. The van der Waals surface area contributed by atoms with Crippen LogP contribution in [0.15, 0.2) is 24.3 Å². The van der Waals surface area contributed by atoms with Crippen LogP contribution in [0.3, 0.4) is 0 Å². The molecular formula is C22H27F3N2O. The van der Waals surface area contributed by atoms with Crippen molar-refractivity contribution in [2.75, 3.05) is 0 Å². The van der Waals surface area contributed by atoms with Crippen LogP contribution in [0.1, 0.15) is 78.3 Å². The van der Waals surface area contributed by atoms with E-state index in [1.165, 1.54) is 31.4 Å². The maximum absolute atomic E-state index is 12.9. The summed E-state index contributed by atoms with van der Waals surface area (Å²) in [7, 11) is 0. The van der Waals surface area contributed by atoms with Crippen LogP contribution in [0.2, 0.25) is 0 Å². The van der Waals surface area contributed by atoms with Gasteiger partial charge in [0.2, 0.25) is 0 Å². The standard InChI is InChI=1S/C22H27F3N2O/c1-14-19(16-10-12-17(13-11-16)22(23,24)25)20(21(26)28)15(2)27(14)18-8-6-4-3-5-7-9-18/h10-13,18H,3-9H2,1-2H3,(H2,26,28). The van der Waals surface area contributed by atoms with Crippen LogP contribution in [0.25, 0.3) is 11.1 Å². The van der Waals surface area contributed by atoms with Crippen LogP contribution in [0.5, 0.6) is 0 Å². The van der Waals surface area contributed by atoms with E-state index < -0.39 is 17.6 Å². The van der Waals surface area contributed by atoms with Gasteiger partial charge in [-0.05, 0) is 44.4 Å². The zero-order chi connectivity index (χ0) is 20.5. The van der Waals surface area contributed by atoms with Gasteiger partial charge in [0.05, 0.1) is 11.1 Å². The fourth-order valence-electron chi connectivity index (χ4n) is 4.58. The maximum Gasteiger partial charge on any atom is 0.416 e. The van der Waals surface area contributed by atoms with Gasteiger partial charge in [-0.3, -0.25) is 4.79 Å². The zero-order valence-corrected chi connectivity index (χ0v) is 16.4. The third kappa shape index (κ3) is 3.96. The molecule has 0 aliphatic heterocycles. The molecule has 0 saturated heterocycles. The number of alkyl halides is 3. The average Bonchev–Trinajstić information content (AvgIpc) is 2.85. The highest BCUT2D eigenvalue weighted by Gasteiger charge is 2.31. The van der Waals surface area contributed by atoms with Gasteiger partial charge in [0.1, 0.15) is 0 Å². The SMILES string of the molecule is Cc1c(C(N)=O)c(-c2ccc(C(F)(F)F)cc2)c(C)n1C1CCCCCCC1. The molecule has 0 spiro atoms. The summed E-state index contributed by atoms with van der Waals surface area (Å²) in [6, 6.07) is 5.27. The lowest BCUT2D eigenvalue weighted by Gasteiger charge is -2.25. The molecule has 0 bridgehead atoms. The second-order valence-corrected chi connectivity index (χ2v) is 7.73. The van der Waals surface area contributed by atoms with Crippen LogP contribution >= 0.6 is 0 Å². The molecule has 1 fully saturated rings. The summed E-state index contributed by atoms with van der Waals surface area (Å²) in [6.07, 6.45) is 3.67. The number of hydrogen-bond donors (Lipinski definition) is 1. The number of nitrogens with two attached hydrogens (primary N) is 1. The Labute approximate surface area is 163 Å². The molecule has 0 radical (unpaired) electrons. The molecule has 1 aliphatic rings. The van der Waals surface area contributed by atoms with Crippen LogP contribution in [-0.2, 0) is 6.18 Å². The van der Waals surface area contributed by atoms with E-state index in [1.807, 2.05) is 13.8 Å². The lowest BCUT2D eigenvalue weighted by atomic mass is 9.96. The second kappa shape index (κ2) is 8.02. The number of carbonyl (C=O) groups is 1. The van der Waals surface area contributed by atoms with Gasteiger partial charge in [0, 0.05) is 23.0 Å². The first-order valence-electron chi connectivity index (χ1n) is 9.90. The summed E-state index contributed by atoms with van der Waals surface area (Å²) >= 11 is 0. The maximum atomic E-state index is 12.9. The van der Waals surface area contributed by atoms with E-state index >= 15 is 0 Å². The minimum absolute atomic E-state index is 0.293. The number of amides is 1. The molecule has 1 aromatic carbocycles. The van der Waals surface area contributed by atoms with E-state index in [1.54, 1.807) is 0 Å². The Hall–Kier alpha value is -2.24. The van der Waals surface area contributed by atoms with Gasteiger partial charge < -0.3 is 10.3 Å². The van der Waals surface area contributed by atoms with Crippen molar-refractivity contribution in [3.63, 3.8) is 0 Å². The molecule has 2 N–H and O–H groups in total. The van der Waals surface area contributed by atoms with Crippen molar-refractivity contribution >= 4 is 5.91 Å². The minimum atomic E-state index is -4.39. The monoisotopic (exact) mass is 392 g/mol. The first-order valence-corrected chi connectivity index (χ1v) is 9.90. The number of carbonyl (C=O) groups excluding carboxylic acids is 1. The van der Waals surface area contributed by atoms with E-state index in [4.69, 9.17) is 5.73 Å². The largest absolute Gasteiger partial charge is 0.416 e. The number of benzene rings is 1. The van der Waals surface area contributed by atoms with Crippen molar-refractivity contribution in [1.29, 1.82) is 0 Å². The van der Waals surface area contributed by atoms with Gasteiger partial charge in [0.25, 0.3) is 5.91 Å². The van der Waals surface area contributed by atoms with E-state index in [9.17, 15) is 18.0 Å². The van der Waals surface area contributed by atoms with Crippen LogP contribution in [-0.4, -0.2) is 10.5 Å². The average molecular weight is 392 g/mol. The topological polar surface area (TPSA) is 48.0 Å². The molecule has 1 aliphatic carbocycles. The zero-order valence-electron chi connectivity index (χ0n) is 16.4. The number of nitrogens with zero attached hydrogens (tertiary/aromatic N) is 1. The number of aromatic nitrogens is 1. The highest BCUT2D eigenvalue weighted by atomic mass is 19.4. The summed E-state index contributed by atoms with van der Waals surface area (Å²) < 4.78 is 40.9. The predicted molar refractivity (Wildman–Crippen MR) is 104 cm³/mol. The lowest BCUT2D eigenvalue weighted by Crippen LogP contribution is -2.16. The minimum Gasteiger partial charge on any atom is -0.366 e. The molecule has 1 saturated carbocycles. The van der Waals surface area contributed by atoms with Crippen LogP contribution in [0.4, 0.5) is 13.2 Å². The molecule has 6 heteroatoms. The molecule has 1 aromatic heterocycles. The molecule has 3 nitrogen and oxygen atoms in total. The Kier molecular flexibility index (Phi) is 5.87. The van der Waals surface area contributed by atoms with E-state index in [-0.39, 0.29) is 0 Å². The summed E-state index contributed by atoms with van der Waals surface area (Å²) in [6.45, 7) is 3.82. The number of halogens is 3. The molecular weight excluding hydrogens is 365 g/mol. The first kappa shape index (κ1) is 20.5. The number of rotatable bonds is 3. The Bertz CT molecular complexity index is 842. The molecule has 2 aromatic rings. The van der Waals surface area contributed by atoms with E-state index in [0.717, 1.165) is 49.2 Å². The molecule has 3 rings (SSSR count). The summed E-state index contributed by atoms with van der Waals surface area (Å²) in [5.74, 6) is -0.542. The Morgan fingerprint density at radius 3 is 2.00 bits per heavy atom. The fraction of sp³-hybridized carbons (Fsp3) is 0.500. The van der Waals surface area contributed by atoms with Crippen LogP contribution in [0, 0.1) is 13.8 Å². The van der Waals surface area contributed by atoms with Crippen molar-refractivity contribution < 1.29 is 18.0 Å². The highest BCUT2D eigenvalue weighted by Crippen LogP contribution is 2.39. The van der Waals surface area contributed by atoms with E-state index in [0.29, 0.717) is 22.7 Å². The van der Waals surface area contributed by atoms with Gasteiger partial charge in [-0.2, -0.15) is 13.2 Å². The number of primary amides is 1. The van der Waals surface area contributed by atoms with Crippen molar-refractivity contribution in [3.05, 3.63) is 46.8 Å². The molecule has 1 heterocycles. The quantitative estimate of drug-likeness (QED) is 0.667. The highest BCUT2D eigenvalue weighted by molar-refractivity contribution is 6.02. The van der Waals surface area contributed by atoms with Gasteiger partial charge >= 0.3 is 6.18 Å². The Morgan fingerprint density at radius 2 is 1.50 bits per heavy atom. The fourth-order valence-corrected chi connectivity index (χ4v) is 4.58. The second-order valence-electron chi connectivity index (χ2n) is 7.73. The van der Waals surface area contributed by atoms with Crippen molar-refractivity contribution in [2.45, 2.75) is 71.0 Å². The smallest absolute Gasteiger partial charge is 0.366 e. The van der Waals surface area contributed by atoms with Crippen LogP contribution < -0.4 is 5.73 Å². The van der Waals surface area contributed by atoms with Crippen molar-refractivity contribution in [1.82, 2.24) is 4.57 Å². The predicted octanol–water partition coefficient (Wildman–Crippen LogP) is 6.18.